The van der Waals surface area contributed by atoms with Crippen molar-refractivity contribution in [3.8, 4) is 0 Å². The molecule has 84 valence electrons. The average Bonchev–Trinajstić information content (AvgIpc) is 2.53. The fourth-order valence-corrected chi connectivity index (χ4v) is 2.19. The molecule has 0 bridgehead atoms. The van der Waals surface area contributed by atoms with Crippen LogP contribution in [-0.4, -0.2) is 27.9 Å². The van der Waals surface area contributed by atoms with Crippen LogP contribution in [0.4, 0.5) is 5.95 Å². The fraction of sp³-hybridized carbons (Fsp3) is 0.800. The van der Waals surface area contributed by atoms with E-state index in [1.54, 1.807) is 0 Å². The van der Waals surface area contributed by atoms with E-state index in [1.165, 1.54) is 6.42 Å². The summed E-state index contributed by atoms with van der Waals surface area (Å²) < 4.78 is 2.63. The van der Waals surface area contributed by atoms with Crippen LogP contribution in [-0.2, 0) is 7.05 Å². The van der Waals surface area contributed by atoms with E-state index in [-0.39, 0.29) is 0 Å². The Labute approximate surface area is 95.3 Å². The zero-order valence-corrected chi connectivity index (χ0v) is 10.3. The molecular formula is C10H18N4S. The minimum absolute atomic E-state index is 0.691. The van der Waals surface area contributed by atoms with E-state index in [4.69, 9.17) is 12.2 Å². The van der Waals surface area contributed by atoms with Gasteiger partial charge in [-0.2, -0.15) is 0 Å². The van der Waals surface area contributed by atoms with Crippen LogP contribution in [0.2, 0.25) is 0 Å². The quantitative estimate of drug-likeness (QED) is 0.744. The first-order valence-electron chi connectivity index (χ1n) is 5.46. The molecule has 2 rings (SSSR count). The first-order chi connectivity index (χ1) is 7.09. The Bertz CT molecular complexity index is 394. The smallest absolute Gasteiger partial charge is 0.225 e. The summed E-state index contributed by atoms with van der Waals surface area (Å²) in [6, 6.07) is 0. The Balaban J connectivity index is 2.19. The van der Waals surface area contributed by atoms with E-state index >= 15 is 0 Å². The van der Waals surface area contributed by atoms with Crippen LogP contribution in [0.15, 0.2) is 0 Å². The summed E-state index contributed by atoms with van der Waals surface area (Å²) in [6.07, 6.45) is 1.24. The third kappa shape index (κ3) is 1.93. The first-order valence-corrected chi connectivity index (χ1v) is 5.86. The maximum Gasteiger partial charge on any atom is 0.225 e. The number of piperidine rings is 1. The van der Waals surface area contributed by atoms with Gasteiger partial charge in [-0.15, -0.1) is 5.10 Å². The summed E-state index contributed by atoms with van der Waals surface area (Å²) in [5.41, 5.74) is 0. The summed E-state index contributed by atoms with van der Waals surface area (Å²) in [5, 5.41) is 7.10. The first kappa shape index (κ1) is 10.7. The van der Waals surface area contributed by atoms with E-state index in [2.05, 4.69) is 28.9 Å². The van der Waals surface area contributed by atoms with E-state index in [9.17, 15) is 0 Å². The predicted molar refractivity (Wildman–Crippen MR) is 63.6 cm³/mol. The monoisotopic (exact) mass is 226 g/mol. The molecule has 2 heterocycles. The van der Waals surface area contributed by atoms with Gasteiger partial charge in [0.2, 0.25) is 5.95 Å². The van der Waals surface area contributed by atoms with E-state index in [0.29, 0.717) is 4.77 Å². The molecule has 0 radical (unpaired) electrons. The van der Waals surface area contributed by atoms with Crippen LogP contribution in [0.5, 0.6) is 0 Å². The lowest BCUT2D eigenvalue weighted by atomic mass is 9.89. The minimum atomic E-state index is 0.691. The second kappa shape index (κ2) is 3.96. The van der Waals surface area contributed by atoms with Gasteiger partial charge in [-0.1, -0.05) is 13.8 Å². The van der Waals surface area contributed by atoms with Crippen LogP contribution in [0.1, 0.15) is 20.3 Å². The molecule has 2 atom stereocenters. The number of H-pyrrole nitrogens is 1. The molecule has 1 aromatic rings. The topological polar surface area (TPSA) is 36.9 Å². The van der Waals surface area contributed by atoms with Crippen molar-refractivity contribution >= 4 is 18.2 Å². The Morgan fingerprint density at radius 2 is 2.13 bits per heavy atom. The number of hydrogen-bond donors (Lipinski definition) is 1. The summed E-state index contributed by atoms with van der Waals surface area (Å²) in [5.74, 6) is 2.51. The van der Waals surface area contributed by atoms with Crippen molar-refractivity contribution in [1.82, 2.24) is 14.8 Å². The number of nitrogens with one attached hydrogen (secondary N) is 1. The van der Waals surface area contributed by atoms with Gasteiger partial charge in [0.1, 0.15) is 0 Å². The van der Waals surface area contributed by atoms with Gasteiger partial charge >= 0.3 is 0 Å². The Morgan fingerprint density at radius 3 is 2.67 bits per heavy atom. The number of rotatable bonds is 1. The third-order valence-electron chi connectivity index (χ3n) is 3.47. The fourth-order valence-electron chi connectivity index (χ4n) is 2.07. The van der Waals surface area contributed by atoms with Gasteiger partial charge < -0.3 is 4.90 Å². The largest absolute Gasteiger partial charge is 0.341 e. The van der Waals surface area contributed by atoms with Crippen LogP contribution < -0.4 is 4.90 Å². The lowest BCUT2D eigenvalue weighted by molar-refractivity contribution is 0.320. The lowest BCUT2D eigenvalue weighted by Crippen LogP contribution is -2.39. The highest BCUT2D eigenvalue weighted by molar-refractivity contribution is 7.71. The molecule has 0 spiro atoms. The van der Waals surface area contributed by atoms with E-state index < -0.39 is 0 Å². The second-order valence-electron chi connectivity index (χ2n) is 4.58. The number of anilines is 1. The van der Waals surface area contributed by atoms with E-state index in [1.807, 2.05) is 11.6 Å². The van der Waals surface area contributed by atoms with Gasteiger partial charge in [-0.25, -0.2) is 5.10 Å². The average molecular weight is 226 g/mol. The Kier molecular flexibility index (Phi) is 2.82. The molecule has 1 aliphatic heterocycles. The highest BCUT2D eigenvalue weighted by Crippen LogP contribution is 2.25. The van der Waals surface area contributed by atoms with Gasteiger partial charge in [0.05, 0.1) is 0 Å². The third-order valence-corrected chi connectivity index (χ3v) is 3.84. The summed E-state index contributed by atoms with van der Waals surface area (Å²) in [4.78, 5) is 2.32. The number of aromatic nitrogens is 3. The zero-order chi connectivity index (χ0) is 11.0. The highest BCUT2D eigenvalue weighted by Gasteiger charge is 2.24. The van der Waals surface area contributed by atoms with Gasteiger partial charge in [0, 0.05) is 20.1 Å². The molecule has 15 heavy (non-hydrogen) atoms. The molecule has 0 aromatic carbocycles. The molecule has 1 aromatic heterocycles. The minimum Gasteiger partial charge on any atom is -0.341 e. The highest BCUT2D eigenvalue weighted by atomic mass is 32.1. The normalized spacial score (nSPS) is 27.0. The molecule has 0 saturated carbocycles. The molecule has 1 aliphatic rings. The molecule has 0 aliphatic carbocycles. The molecular weight excluding hydrogens is 208 g/mol. The number of hydrogen-bond acceptors (Lipinski definition) is 3. The van der Waals surface area contributed by atoms with Gasteiger partial charge in [-0.3, -0.25) is 4.57 Å². The Hall–Kier alpha value is -0.840. The SMILES string of the molecule is CC1CCN(c2n[nH]c(=S)n2C)CC1C. The molecule has 1 fully saturated rings. The summed E-state index contributed by atoms with van der Waals surface area (Å²) >= 11 is 5.11. The molecule has 1 N–H and O–H groups in total. The predicted octanol–water partition coefficient (Wildman–Crippen LogP) is 1.96. The van der Waals surface area contributed by atoms with E-state index in [0.717, 1.165) is 30.9 Å². The van der Waals surface area contributed by atoms with Crippen LogP contribution in [0, 0.1) is 16.6 Å². The molecule has 4 nitrogen and oxygen atoms in total. The lowest BCUT2D eigenvalue weighted by Gasteiger charge is -2.35. The van der Waals surface area contributed by atoms with Crippen molar-refractivity contribution in [2.24, 2.45) is 18.9 Å². The maximum absolute atomic E-state index is 5.11. The van der Waals surface area contributed by atoms with Crippen molar-refractivity contribution < 1.29 is 0 Å². The summed E-state index contributed by atoms with van der Waals surface area (Å²) in [7, 11) is 1.96. The second-order valence-corrected chi connectivity index (χ2v) is 4.96. The summed E-state index contributed by atoms with van der Waals surface area (Å²) in [6.45, 7) is 6.79. The van der Waals surface area contributed by atoms with Crippen molar-refractivity contribution in [2.75, 3.05) is 18.0 Å². The van der Waals surface area contributed by atoms with Crippen molar-refractivity contribution in [2.45, 2.75) is 20.3 Å². The van der Waals surface area contributed by atoms with Crippen molar-refractivity contribution in [3.63, 3.8) is 0 Å². The molecule has 5 heteroatoms. The molecule has 2 unspecified atom stereocenters. The van der Waals surface area contributed by atoms with Crippen molar-refractivity contribution in [3.05, 3.63) is 4.77 Å². The van der Waals surface area contributed by atoms with Gasteiger partial charge in [0.25, 0.3) is 0 Å². The maximum atomic E-state index is 5.11. The molecule has 0 amide bonds. The van der Waals surface area contributed by atoms with Crippen molar-refractivity contribution in [1.29, 1.82) is 0 Å². The van der Waals surface area contributed by atoms with Gasteiger partial charge in [0.15, 0.2) is 4.77 Å². The van der Waals surface area contributed by atoms with Crippen LogP contribution in [0.25, 0.3) is 0 Å². The Morgan fingerprint density at radius 1 is 1.40 bits per heavy atom. The van der Waals surface area contributed by atoms with Gasteiger partial charge in [-0.05, 0) is 30.5 Å². The standard InChI is InChI=1S/C10H18N4S/c1-7-4-5-14(6-8(7)2)9-11-12-10(15)13(9)3/h7-8H,4-6H2,1-3H3,(H,12,15). The zero-order valence-electron chi connectivity index (χ0n) is 9.53. The number of aromatic amines is 1. The van der Waals surface area contributed by atoms with Crippen LogP contribution in [0.3, 0.4) is 0 Å². The number of nitrogens with zero attached hydrogens (tertiary/aromatic N) is 3. The van der Waals surface area contributed by atoms with Crippen LogP contribution >= 0.6 is 12.2 Å². The molecule has 1 saturated heterocycles.